The van der Waals surface area contributed by atoms with Crippen LogP contribution in [-0.4, -0.2) is 32.3 Å². The fourth-order valence-corrected chi connectivity index (χ4v) is 2.74. The van der Waals surface area contributed by atoms with Gasteiger partial charge in [0.2, 0.25) is 5.88 Å². The second-order valence-corrected chi connectivity index (χ2v) is 5.76. The van der Waals surface area contributed by atoms with Crippen LogP contribution in [0.3, 0.4) is 0 Å². The van der Waals surface area contributed by atoms with Crippen LogP contribution in [0.4, 0.5) is 0 Å². The Balaban J connectivity index is 2.06. The van der Waals surface area contributed by atoms with Gasteiger partial charge in [0.25, 0.3) is 0 Å². The van der Waals surface area contributed by atoms with Gasteiger partial charge >= 0.3 is 5.97 Å². The zero-order valence-electron chi connectivity index (χ0n) is 13.3. The van der Waals surface area contributed by atoms with Gasteiger partial charge in [0, 0.05) is 22.7 Å². The van der Waals surface area contributed by atoms with Crippen molar-refractivity contribution in [2.75, 3.05) is 6.61 Å². The number of aromatic hydroxyl groups is 1. The van der Waals surface area contributed by atoms with Crippen LogP contribution in [0.15, 0.2) is 30.5 Å². The molecule has 2 aromatic heterocycles. The Bertz CT molecular complexity index is 921. The number of aryl methyl sites for hydroxylation is 1. The Morgan fingerprint density at radius 2 is 2.21 bits per heavy atom. The molecular weight excluding hydrogens is 330 g/mol. The molecule has 0 atom stereocenters. The monoisotopic (exact) mass is 345 g/mol. The molecule has 0 radical (unpaired) electrons. The maximum Gasteiger partial charge on any atom is 0.343 e. The molecule has 0 aliphatic carbocycles. The van der Waals surface area contributed by atoms with Crippen molar-refractivity contribution in [3.8, 4) is 5.88 Å². The van der Waals surface area contributed by atoms with Crippen LogP contribution in [0, 0.1) is 6.92 Å². The molecule has 0 fully saturated rings. The Labute approximate surface area is 143 Å². The smallest absolute Gasteiger partial charge is 0.343 e. The second-order valence-electron chi connectivity index (χ2n) is 5.32. The molecule has 0 bridgehead atoms. The molecule has 0 saturated carbocycles. The van der Waals surface area contributed by atoms with Gasteiger partial charge in [0.1, 0.15) is 5.56 Å². The molecule has 0 unspecified atom stereocenters. The van der Waals surface area contributed by atoms with Gasteiger partial charge in [-0.2, -0.15) is 9.61 Å². The number of benzene rings is 1. The van der Waals surface area contributed by atoms with Crippen molar-refractivity contribution in [3.63, 3.8) is 0 Å². The largest absolute Gasteiger partial charge is 0.493 e. The quantitative estimate of drug-likeness (QED) is 0.735. The summed E-state index contributed by atoms with van der Waals surface area (Å²) in [6.45, 7) is 3.76. The fourth-order valence-electron chi connectivity index (χ4n) is 2.53. The molecule has 0 aliphatic heterocycles. The number of esters is 1. The SMILES string of the molecule is CCOC(=O)c1cnn2c(O)c(Cc3cccc(Cl)c3)c(C)nc12. The number of carbonyl (C=O) groups is 1. The van der Waals surface area contributed by atoms with Crippen LogP contribution in [-0.2, 0) is 11.2 Å². The maximum atomic E-state index is 11.9. The predicted molar refractivity (Wildman–Crippen MR) is 89.6 cm³/mol. The predicted octanol–water partition coefficient (Wildman–Crippen LogP) is 3.16. The Morgan fingerprint density at radius 1 is 1.42 bits per heavy atom. The highest BCUT2D eigenvalue weighted by Gasteiger charge is 2.20. The molecule has 24 heavy (non-hydrogen) atoms. The van der Waals surface area contributed by atoms with E-state index in [9.17, 15) is 9.90 Å². The summed E-state index contributed by atoms with van der Waals surface area (Å²) in [6.07, 6.45) is 1.80. The van der Waals surface area contributed by atoms with Crippen molar-refractivity contribution in [2.24, 2.45) is 0 Å². The number of ether oxygens (including phenoxy) is 1. The fraction of sp³-hybridized carbons (Fsp3) is 0.235. The molecule has 3 rings (SSSR count). The van der Waals surface area contributed by atoms with Gasteiger partial charge in [0.15, 0.2) is 5.65 Å². The third-order valence-corrected chi connectivity index (χ3v) is 3.93. The van der Waals surface area contributed by atoms with Crippen LogP contribution in [0.25, 0.3) is 5.65 Å². The summed E-state index contributed by atoms with van der Waals surface area (Å²) < 4.78 is 6.23. The number of hydrogen-bond acceptors (Lipinski definition) is 5. The molecular formula is C17H16ClN3O3. The average Bonchev–Trinajstić information content (AvgIpc) is 2.95. The molecule has 3 aromatic rings. The summed E-state index contributed by atoms with van der Waals surface area (Å²) >= 11 is 6.01. The lowest BCUT2D eigenvalue weighted by Gasteiger charge is -2.10. The van der Waals surface area contributed by atoms with Crippen LogP contribution in [0.1, 0.15) is 34.1 Å². The van der Waals surface area contributed by atoms with E-state index < -0.39 is 5.97 Å². The van der Waals surface area contributed by atoms with E-state index in [4.69, 9.17) is 16.3 Å². The van der Waals surface area contributed by atoms with Gasteiger partial charge in [-0.25, -0.2) is 9.78 Å². The topological polar surface area (TPSA) is 76.7 Å². The molecule has 1 aromatic carbocycles. The number of carbonyl (C=O) groups excluding carboxylic acids is 1. The summed E-state index contributed by atoms with van der Waals surface area (Å²) in [6, 6.07) is 7.39. The average molecular weight is 346 g/mol. The Kier molecular flexibility index (Phi) is 4.40. The lowest BCUT2D eigenvalue weighted by atomic mass is 10.0. The van der Waals surface area contributed by atoms with Gasteiger partial charge < -0.3 is 9.84 Å². The van der Waals surface area contributed by atoms with E-state index >= 15 is 0 Å². The molecule has 0 amide bonds. The molecule has 124 valence electrons. The van der Waals surface area contributed by atoms with Crippen molar-refractivity contribution >= 4 is 23.2 Å². The van der Waals surface area contributed by atoms with Gasteiger partial charge in [-0.15, -0.1) is 0 Å². The first kappa shape index (κ1) is 16.3. The minimum Gasteiger partial charge on any atom is -0.493 e. The molecule has 0 saturated heterocycles. The number of rotatable bonds is 4. The molecule has 1 N–H and O–H groups in total. The van der Waals surface area contributed by atoms with Crippen molar-refractivity contribution in [1.29, 1.82) is 0 Å². The molecule has 2 heterocycles. The third kappa shape index (κ3) is 2.92. The van der Waals surface area contributed by atoms with E-state index in [-0.39, 0.29) is 23.7 Å². The zero-order chi connectivity index (χ0) is 17.3. The summed E-state index contributed by atoms with van der Waals surface area (Å²) in [4.78, 5) is 16.4. The van der Waals surface area contributed by atoms with Crippen molar-refractivity contribution in [1.82, 2.24) is 14.6 Å². The number of fused-ring (bicyclic) bond motifs is 1. The molecule has 6 nitrogen and oxygen atoms in total. The lowest BCUT2D eigenvalue weighted by molar-refractivity contribution is 0.0528. The maximum absolute atomic E-state index is 11.9. The van der Waals surface area contributed by atoms with Gasteiger partial charge in [-0.3, -0.25) is 0 Å². The van der Waals surface area contributed by atoms with Crippen molar-refractivity contribution in [3.05, 3.63) is 57.9 Å². The van der Waals surface area contributed by atoms with Crippen LogP contribution in [0.5, 0.6) is 5.88 Å². The van der Waals surface area contributed by atoms with Gasteiger partial charge in [-0.1, -0.05) is 23.7 Å². The van der Waals surface area contributed by atoms with Crippen molar-refractivity contribution < 1.29 is 14.6 Å². The summed E-state index contributed by atoms with van der Waals surface area (Å²) in [5.74, 6) is -0.561. The number of halogens is 1. The highest BCUT2D eigenvalue weighted by Crippen LogP contribution is 2.26. The third-order valence-electron chi connectivity index (χ3n) is 3.69. The van der Waals surface area contributed by atoms with E-state index in [1.54, 1.807) is 19.9 Å². The van der Waals surface area contributed by atoms with Crippen LogP contribution < -0.4 is 0 Å². The number of nitrogens with zero attached hydrogens (tertiary/aromatic N) is 3. The van der Waals surface area contributed by atoms with Crippen molar-refractivity contribution in [2.45, 2.75) is 20.3 Å². The minimum absolute atomic E-state index is 0.0481. The minimum atomic E-state index is -0.513. The highest BCUT2D eigenvalue weighted by molar-refractivity contribution is 6.30. The standard InChI is InChI=1S/C17H16ClN3O3/c1-3-24-17(23)14-9-19-21-15(14)20-10(2)13(16(21)22)8-11-5-4-6-12(18)7-11/h4-7,9,22H,3,8H2,1-2H3. The molecule has 0 aliphatic rings. The second kappa shape index (κ2) is 6.49. The Hall–Kier alpha value is -2.60. The van der Waals surface area contributed by atoms with E-state index in [1.165, 1.54) is 10.7 Å². The molecule has 7 heteroatoms. The van der Waals surface area contributed by atoms with Gasteiger partial charge in [-0.05, 0) is 31.5 Å². The summed E-state index contributed by atoms with van der Waals surface area (Å²) in [7, 11) is 0. The number of hydrogen-bond donors (Lipinski definition) is 1. The molecule has 0 spiro atoms. The normalized spacial score (nSPS) is 11.0. The van der Waals surface area contributed by atoms with Gasteiger partial charge in [0.05, 0.1) is 12.8 Å². The van der Waals surface area contributed by atoms with Crippen LogP contribution >= 0.6 is 11.6 Å². The van der Waals surface area contributed by atoms with Crippen LogP contribution in [0.2, 0.25) is 5.02 Å². The first-order valence-corrected chi connectivity index (χ1v) is 7.86. The van der Waals surface area contributed by atoms with E-state index in [2.05, 4.69) is 10.1 Å². The highest BCUT2D eigenvalue weighted by atomic mass is 35.5. The van der Waals surface area contributed by atoms with E-state index in [0.29, 0.717) is 22.7 Å². The lowest BCUT2D eigenvalue weighted by Crippen LogP contribution is -2.07. The first-order chi connectivity index (χ1) is 11.5. The number of aromatic nitrogens is 3. The van der Waals surface area contributed by atoms with E-state index in [0.717, 1.165) is 5.56 Å². The first-order valence-electron chi connectivity index (χ1n) is 7.49. The summed E-state index contributed by atoms with van der Waals surface area (Å²) in [5.41, 5.74) is 2.69. The summed E-state index contributed by atoms with van der Waals surface area (Å²) in [5, 5.41) is 15.2. The van der Waals surface area contributed by atoms with E-state index in [1.807, 2.05) is 18.2 Å². The Morgan fingerprint density at radius 3 is 2.92 bits per heavy atom. The zero-order valence-corrected chi connectivity index (χ0v) is 14.0.